The zero-order chi connectivity index (χ0) is 32.1. The number of rotatable bonds is 13. The Morgan fingerprint density at radius 2 is 1.33 bits per heavy atom. The molecule has 0 bridgehead atoms. The molecule has 1 N–H and O–H groups in total. The molecule has 0 spiro atoms. The van der Waals surface area contributed by atoms with E-state index in [4.69, 9.17) is 5.11 Å². The number of carboxylic acids is 1. The van der Waals surface area contributed by atoms with Gasteiger partial charge >= 0.3 is 35.5 Å². The number of aromatic nitrogens is 1. The van der Waals surface area contributed by atoms with Crippen molar-refractivity contribution in [3.8, 4) is 0 Å². The molecule has 0 unspecified atom stereocenters. The number of fused-ring (bicyclic) bond motifs is 1. The van der Waals surface area contributed by atoms with Crippen LogP contribution in [0.4, 0.5) is 17.1 Å². The fourth-order valence-corrected chi connectivity index (χ4v) is 6.35. The van der Waals surface area contributed by atoms with Gasteiger partial charge in [0.05, 0.1) is 12.6 Å². The van der Waals surface area contributed by atoms with E-state index in [1.807, 2.05) is 53.1 Å². The van der Waals surface area contributed by atoms with Crippen LogP contribution in [0, 0.1) is 11.8 Å². The number of hydrogen-bond donors (Lipinski definition) is 1. The number of carbonyl (C=O) groups excluding carboxylic acids is 1. The normalized spacial score (nSPS) is 11.6. The number of nitrogens with zero attached hydrogens (tertiary/aromatic N) is 2. The van der Waals surface area contributed by atoms with Gasteiger partial charge in [0.2, 0.25) is 0 Å². The minimum atomic E-state index is -0.811. The van der Waals surface area contributed by atoms with Crippen molar-refractivity contribution >= 4 is 63.9 Å². The first kappa shape index (κ1) is 35.4. The second-order valence-corrected chi connectivity index (χ2v) is 13.2. The molecule has 0 amide bonds. The van der Waals surface area contributed by atoms with Gasteiger partial charge in [-0.25, -0.2) is 4.48 Å². The van der Waals surface area contributed by atoms with Crippen LogP contribution in [0.2, 0.25) is 0 Å². The van der Waals surface area contributed by atoms with Crippen LogP contribution in [0.25, 0.3) is 5.52 Å². The summed E-state index contributed by atoms with van der Waals surface area (Å²) in [5.41, 5.74) is 8.90. The van der Waals surface area contributed by atoms with Crippen LogP contribution in [0.1, 0.15) is 73.3 Å². The fraction of sp³-hybridized carbons (Fsp3) is 0.300. The van der Waals surface area contributed by atoms with Gasteiger partial charge in [-0.2, -0.15) is 0 Å². The van der Waals surface area contributed by atoms with Crippen molar-refractivity contribution in [2.45, 2.75) is 59.8 Å². The number of benzene rings is 3. The first-order valence-electron chi connectivity index (χ1n) is 16.1. The van der Waals surface area contributed by atoms with Crippen molar-refractivity contribution in [2.24, 2.45) is 11.8 Å². The Balaban J connectivity index is 0.00000480. The molecule has 5 aromatic rings. The Bertz CT molecular complexity index is 1730. The van der Waals surface area contributed by atoms with Gasteiger partial charge in [-0.15, -0.1) is 0 Å². The van der Waals surface area contributed by atoms with Crippen molar-refractivity contribution in [3.63, 3.8) is 0 Å². The van der Waals surface area contributed by atoms with E-state index in [1.165, 1.54) is 11.1 Å². The summed E-state index contributed by atoms with van der Waals surface area (Å²) in [4.78, 5) is 25.3. The molecular weight excluding hydrogens is 579 g/mol. The molecule has 0 aliphatic rings. The van der Waals surface area contributed by atoms with E-state index in [2.05, 4.69) is 89.3 Å². The molecule has 0 fully saturated rings. The van der Waals surface area contributed by atoms with Crippen molar-refractivity contribution < 1.29 is 14.7 Å². The summed E-state index contributed by atoms with van der Waals surface area (Å²) in [5.74, 6) is 0.303. The van der Waals surface area contributed by atoms with Crippen LogP contribution in [-0.2, 0) is 24.1 Å². The van der Waals surface area contributed by atoms with Gasteiger partial charge in [-0.3, -0.25) is 9.59 Å². The molecule has 0 atom stereocenters. The van der Waals surface area contributed by atoms with Gasteiger partial charge in [0.15, 0.2) is 5.78 Å². The second kappa shape index (κ2) is 15.4. The van der Waals surface area contributed by atoms with Crippen molar-refractivity contribution in [1.29, 1.82) is 0 Å². The van der Waals surface area contributed by atoms with E-state index in [0.717, 1.165) is 41.1 Å². The predicted octanol–water partition coefficient (Wildman–Crippen LogP) is 8.93. The number of aliphatic carboxylic acids is 1. The summed E-state index contributed by atoms with van der Waals surface area (Å²) in [6.45, 7) is 8.96. The average molecular weight is 626 g/mol. The number of aryl methyl sites for hydroxylation is 1. The Labute approximate surface area is 295 Å². The van der Waals surface area contributed by atoms with Crippen LogP contribution >= 0.6 is 0 Å². The minimum absolute atomic E-state index is 0. The summed E-state index contributed by atoms with van der Waals surface area (Å²) in [6, 6.07) is 33.6. The number of quaternary nitrogens is 1. The first-order valence-corrected chi connectivity index (χ1v) is 16.1. The third-order valence-electron chi connectivity index (χ3n) is 8.64. The summed E-state index contributed by atoms with van der Waals surface area (Å²) >= 11 is 0. The SMILES string of the molecule is CC(C)Cc1ccc([N+](C)(c2ccc(CC(C)C)cc2)c2cccc(C(=O)c3cc(CCCC(=O)O)n4ccccc34)c2)cc1.[NaH]. The molecule has 0 saturated carbocycles. The number of carboxylic acid groups (broad SMARTS) is 1. The van der Waals surface area contributed by atoms with Crippen molar-refractivity contribution in [2.75, 3.05) is 7.05 Å². The summed E-state index contributed by atoms with van der Waals surface area (Å²) < 4.78 is 2.43. The zero-order valence-electron chi connectivity index (χ0n) is 27.2. The summed E-state index contributed by atoms with van der Waals surface area (Å²) in [6.07, 6.45) is 5.20. The van der Waals surface area contributed by atoms with Gasteiger partial charge in [-0.05, 0) is 66.8 Å². The summed E-state index contributed by atoms with van der Waals surface area (Å²) in [7, 11) is 2.20. The summed E-state index contributed by atoms with van der Waals surface area (Å²) in [5, 5.41) is 9.14. The average Bonchev–Trinajstić information content (AvgIpc) is 3.39. The maximum atomic E-state index is 14.2. The first-order chi connectivity index (χ1) is 21.6. The monoisotopic (exact) mass is 625 g/mol. The maximum absolute atomic E-state index is 14.2. The van der Waals surface area contributed by atoms with Crippen molar-refractivity contribution in [3.05, 3.63) is 131 Å². The molecule has 5 nitrogen and oxygen atoms in total. The van der Waals surface area contributed by atoms with Gasteiger partial charge in [0.1, 0.15) is 17.1 Å². The standard InChI is InChI=1S/C40H44N2O3.Na.H/c1-28(2)24-30-15-19-34(20-16-30)42(5,35-21-17-31(18-22-35)25-29(3)4)36-12-8-10-32(26-36)40(45)37-27-33(11-9-14-39(43)44)41-23-7-6-13-38(37)41;;/h6-8,10,12-13,15-23,26-29H,9,11,14,24-25H2,1-5H3;;/p+1. The van der Waals surface area contributed by atoms with E-state index >= 15 is 0 Å². The van der Waals surface area contributed by atoms with Crippen LogP contribution in [0.5, 0.6) is 0 Å². The number of ketones is 1. The van der Waals surface area contributed by atoms with Crippen molar-refractivity contribution in [1.82, 2.24) is 8.88 Å². The molecule has 2 aromatic heterocycles. The van der Waals surface area contributed by atoms with E-state index in [0.29, 0.717) is 40.3 Å². The van der Waals surface area contributed by atoms with Crippen LogP contribution in [0.3, 0.4) is 0 Å². The number of hydrogen-bond acceptors (Lipinski definition) is 2. The molecule has 0 radical (unpaired) electrons. The molecule has 6 heteroatoms. The van der Waals surface area contributed by atoms with E-state index in [9.17, 15) is 9.59 Å². The molecule has 46 heavy (non-hydrogen) atoms. The number of pyridine rings is 1. The molecular formula is C40H46N2NaO3+. The van der Waals surface area contributed by atoms with Gasteiger partial charge in [0, 0.05) is 65.8 Å². The Morgan fingerprint density at radius 1 is 0.739 bits per heavy atom. The molecule has 0 aliphatic carbocycles. The Kier molecular flexibility index (Phi) is 11.8. The van der Waals surface area contributed by atoms with Crippen LogP contribution in [-0.4, -0.2) is 57.9 Å². The van der Waals surface area contributed by atoms with Gasteiger partial charge in [-0.1, -0.05) is 70.2 Å². The third kappa shape index (κ3) is 7.90. The predicted molar refractivity (Wildman–Crippen MR) is 192 cm³/mol. The van der Waals surface area contributed by atoms with E-state index in [-0.39, 0.29) is 41.8 Å². The third-order valence-corrected chi connectivity index (χ3v) is 8.64. The quantitative estimate of drug-likeness (QED) is 0.0808. The second-order valence-electron chi connectivity index (χ2n) is 13.2. The molecule has 234 valence electrons. The molecule has 0 aliphatic heterocycles. The Hall–Kier alpha value is -3.48. The molecule has 0 saturated heterocycles. The number of carbonyl (C=O) groups is 2. The molecule has 3 aromatic carbocycles. The van der Waals surface area contributed by atoms with E-state index in [1.54, 1.807) is 0 Å². The zero-order valence-corrected chi connectivity index (χ0v) is 27.2. The Morgan fingerprint density at radius 3 is 1.87 bits per heavy atom. The topological polar surface area (TPSA) is 58.8 Å². The van der Waals surface area contributed by atoms with Gasteiger partial charge < -0.3 is 9.51 Å². The van der Waals surface area contributed by atoms with Gasteiger partial charge in [0.25, 0.3) is 0 Å². The van der Waals surface area contributed by atoms with E-state index < -0.39 is 5.97 Å². The molecule has 2 heterocycles. The van der Waals surface area contributed by atoms with Crippen LogP contribution in [0.15, 0.2) is 103 Å². The molecule has 5 rings (SSSR count). The fourth-order valence-electron chi connectivity index (χ4n) is 6.35. The van der Waals surface area contributed by atoms with Crippen LogP contribution < -0.4 is 4.48 Å².